The van der Waals surface area contributed by atoms with E-state index in [1.54, 1.807) is 0 Å². The number of anilines is 2. The highest BCUT2D eigenvalue weighted by molar-refractivity contribution is 6.31. The minimum Gasteiger partial charge on any atom is -0.495 e. The van der Waals surface area contributed by atoms with Crippen LogP contribution in [0.15, 0.2) is 48.5 Å². The number of nitrogens with two attached hydrogens (primary N) is 1. The molecule has 12 heteroatoms. The Hall–Kier alpha value is -3.73. The largest absolute Gasteiger partial charge is 0.495 e. The molecule has 3 aliphatic rings. The van der Waals surface area contributed by atoms with Crippen molar-refractivity contribution in [2.24, 2.45) is 17.1 Å². The minimum atomic E-state index is -1.76. The number of nitrogens with one attached hydrogen (secondary N) is 3. The number of fused-ring (bicyclic) bond motifs is 3. The van der Waals surface area contributed by atoms with Gasteiger partial charge in [0.15, 0.2) is 0 Å². The summed E-state index contributed by atoms with van der Waals surface area (Å²) >= 11 is 12.5. The Morgan fingerprint density at radius 3 is 2.48 bits per heavy atom. The second-order valence-electron chi connectivity index (χ2n) is 12.7. The molecular formula is C32H30Cl2F2N4O4. The van der Waals surface area contributed by atoms with E-state index in [4.69, 9.17) is 33.7 Å². The number of benzene rings is 3. The van der Waals surface area contributed by atoms with Gasteiger partial charge in [0.05, 0.1) is 23.9 Å². The highest BCUT2D eigenvalue weighted by atomic mass is 35.5. The first-order valence-electron chi connectivity index (χ1n) is 14.0. The van der Waals surface area contributed by atoms with Crippen molar-refractivity contribution in [1.82, 2.24) is 5.32 Å². The molecule has 1 saturated carbocycles. The Balaban J connectivity index is 1.59. The molecule has 44 heavy (non-hydrogen) atoms. The van der Waals surface area contributed by atoms with Crippen LogP contribution in [0.3, 0.4) is 0 Å². The molecule has 0 aromatic heterocycles. The summed E-state index contributed by atoms with van der Waals surface area (Å²) in [5.41, 5.74) is 2.66. The molecule has 5 atom stereocenters. The molecule has 3 aromatic carbocycles. The summed E-state index contributed by atoms with van der Waals surface area (Å²) in [6, 6.07) is 9.95. The van der Waals surface area contributed by atoms with Crippen LogP contribution in [0.2, 0.25) is 10.0 Å². The van der Waals surface area contributed by atoms with Crippen LogP contribution in [-0.2, 0) is 15.0 Å². The highest BCUT2D eigenvalue weighted by Crippen LogP contribution is 2.72. The van der Waals surface area contributed by atoms with Crippen LogP contribution in [0.1, 0.15) is 54.6 Å². The molecular weight excluding hydrogens is 613 g/mol. The van der Waals surface area contributed by atoms with Crippen LogP contribution >= 0.6 is 23.2 Å². The van der Waals surface area contributed by atoms with Crippen molar-refractivity contribution in [2.75, 3.05) is 17.7 Å². The summed E-state index contributed by atoms with van der Waals surface area (Å²) in [7, 11) is 1.36. The Kier molecular flexibility index (Phi) is 6.99. The third-order valence-corrected chi connectivity index (χ3v) is 9.83. The second kappa shape index (κ2) is 10.2. The zero-order valence-corrected chi connectivity index (χ0v) is 25.8. The maximum Gasteiger partial charge on any atom is 0.248 e. The average molecular weight is 644 g/mol. The van der Waals surface area contributed by atoms with Gasteiger partial charge in [-0.05, 0) is 59.7 Å². The van der Waals surface area contributed by atoms with Gasteiger partial charge in [0.25, 0.3) is 0 Å². The predicted octanol–water partition coefficient (Wildman–Crippen LogP) is 5.77. The van der Waals surface area contributed by atoms with Crippen molar-refractivity contribution < 1.29 is 27.9 Å². The molecule has 2 heterocycles. The lowest BCUT2D eigenvalue weighted by atomic mass is 9.61. The maximum atomic E-state index is 16.2. The third kappa shape index (κ3) is 4.22. The number of rotatable bonds is 5. The zero-order valence-electron chi connectivity index (χ0n) is 24.3. The number of halogens is 4. The zero-order chi connectivity index (χ0) is 31.9. The normalized spacial score (nSPS) is 26.9. The quantitative estimate of drug-likeness (QED) is 0.282. The van der Waals surface area contributed by atoms with Gasteiger partial charge in [-0.2, -0.15) is 0 Å². The summed E-state index contributed by atoms with van der Waals surface area (Å²) in [5.74, 6) is -4.76. The molecule has 8 nitrogen and oxygen atoms in total. The van der Waals surface area contributed by atoms with Crippen LogP contribution in [0.25, 0.3) is 0 Å². The first-order valence-corrected chi connectivity index (χ1v) is 14.7. The van der Waals surface area contributed by atoms with Gasteiger partial charge in [-0.15, -0.1) is 0 Å². The lowest BCUT2D eigenvalue weighted by molar-refractivity contribution is -0.122. The number of methoxy groups -OCH3 is 1. The number of primary amides is 1. The van der Waals surface area contributed by atoms with Gasteiger partial charge in [-0.1, -0.05) is 56.1 Å². The molecule has 0 radical (unpaired) electrons. The van der Waals surface area contributed by atoms with Gasteiger partial charge in [0, 0.05) is 33.3 Å². The van der Waals surface area contributed by atoms with Gasteiger partial charge >= 0.3 is 0 Å². The molecule has 230 valence electrons. The molecule has 6 rings (SSSR count). The number of carbonyl (C=O) groups excluding carboxylic acids is 3. The van der Waals surface area contributed by atoms with Gasteiger partial charge in [0.2, 0.25) is 17.7 Å². The first kappa shape index (κ1) is 30.3. The minimum absolute atomic E-state index is 0.0185. The van der Waals surface area contributed by atoms with Crippen molar-refractivity contribution in [2.45, 2.75) is 50.1 Å². The standard InChI is InChI=1S/C32H30Cl2F2N4O4/c1-30(2,3)22-13-31(22)32(24-18(35)11-15(33)12-20(24)39-29(32)43)23(16-6-5-7-17(34)25(16)36)26(40-31)28(42)38-19-9-8-14(27(37)41)10-21(19)44-4/h5-12,22-23,26,40H,13H2,1-4H3,(H2,37,41)(H,38,42)(H,39,43)/t22?,23-,26+,31?,32-/m0/s1. The lowest BCUT2D eigenvalue weighted by Crippen LogP contribution is -2.53. The van der Waals surface area contributed by atoms with E-state index < -0.39 is 52.3 Å². The molecule has 5 N–H and O–H groups in total. The molecule has 3 aromatic rings. The highest BCUT2D eigenvalue weighted by Gasteiger charge is 2.82. The van der Waals surface area contributed by atoms with Gasteiger partial charge in [-0.3, -0.25) is 19.7 Å². The average Bonchev–Trinajstić information content (AvgIpc) is 3.52. The summed E-state index contributed by atoms with van der Waals surface area (Å²) in [4.78, 5) is 40.5. The van der Waals surface area contributed by atoms with Crippen LogP contribution < -0.4 is 26.4 Å². The van der Waals surface area contributed by atoms with Crippen molar-refractivity contribution in [3.8, 4) is 5.75 Å². The van der Waals surface area contributed by atoms with Crippen LogP contribution in [-0.4, -0.2) is 36.4 Å². The molecule has 2 fully saturated rings. The number of ether oxygens (including phenoxy) is 1. The lowest BCUT2D eigenvalue weighted by Gasteiger charge is -2.38. The van der Waals surface area contributed by atoms with E-state index in [1.165, 1.54) is 49.6 Å². The van der Waals surface area contributed by atoms with Gasteiger partial charge < -0.3 is 21.1 Å². The van der Waals surface area contributed by atoms with E-state index in [9.17, 15) is 14.4 Å². The number of hydrogen-bond donors (Lipinski definition) is 4. The molecule has 0 bridgehead atoms. The monoisotopic (exact) mass is 642 g/mol. The van der Waals surface area contributed by atoms with Crippen molar-refractivity contribution in [3.63, 3.8) is 0 Å². The van der Waals surface area contributed by atoms with Crippen LogP contribution in [0.5, 0.6) is 5.75 Å². The van der Waals surface area contributed by atoms with E-state index in [0.717, 1.165) is 6.07 Å². The Labute approximate surface area is 262 Å². The van der Waals surface area contributed by atoms with Gasteiger partial charge in [-0.25, -0.2) is 8.78 Å². The smallest absolute Gasteiger partial charge is 0.248 e. The van der Waals surface area contributed by atoms with E-state index in [-0.39, 0.29) is 55.2 Å². The molecule has 1 saturated heterocycles. The van der Waals surface area contributed by atoms with Gasteiger partial charge in [0.1, 0.15) is 22.8 Å². The summed E-state index contributed by atoms with van der Waals surface area (Å²) in [6.07, 6.45) is 0.407. The molecule has 3 amide bonds. The molecule has 2 spiro atoms. The third-order valence-electron chi connectivity index (χ3n) is 9.32. The SMILES string of the molecule is COc1cc(C(N)=O)ccc1NC(=O)[C@@H]1NC2(CC2C(C)(C)C)[C@@]2(C(=O)Nc3cc(Cl)cc(F)c32)[C@H]1c1cccc(Cl)c1F. The van der Waals surface area contributed by atoms with Crippen molar-refractivity contribution in [1.29, 1.82) is 0 Å². The predicted molar refractivity (Wildman–Crippen MR) is 163 cm³/mol. The number of amides is 3. The topological polar surface area (TPSA) is 123 Å². The number of hydrogen-bond acceptors (Lipinski definition) is 5. The Morgan fingerprint density at radius 1 is 1.11 bits per heavy atom. The molecule has 2 aliphatic heterocycles. The van der Waals surface area contributed by atoms with Crippen molar-refractivity contribution >= 4 is 52.3 Å². The number of carbonyl (C=O) groups is 3. The fraction of sp³-hybridized carbons (Fsp3) is 0.344. The summed E-state index contributed by atoms with van der Waals surface area (Å²) < 4.78 is 37.6. The second-order valence-corrected chi connectivity index (χ2v) is 13.5. The molecule has 1 aliphatic carbocycles. The van der Waals surface area contributed by atoms with E-state index in [0.29, 0.717) is 6.42 Å². The van der Waals surface area contributed by atoms with E-state index >= 15 is 8.78 Å². The fourth-order valence-corrected chi connectivity index (χ4v) is 7.97. The Bertz CT molecular complexity index is 1760. The fourth-order valence-electron chi connectivity index (χ4n) is 7.58. The summed E-state index contributed by atoms with van der Waals surface area (Å²) in [5, 5.41) is 8.91. The van der Waals surface area contributed by atoms with Crippen molar-refractivity contribution in [3.05, 3.63) is 86.9 Å². The first-order chi connectivity index (χ1) is 20.7. The maximum absolute atomic E-state index is 16.2. The van der Waals surface area contributed by atoms with Crippen LogP contribution in [0, 0.1) is 23.0 Å². The van der Waals surface area contributed by atoms with E-state index in [1.807, 2.05) is 20.8 Å². The van der Waals surface area contributed by atoms with Crippen LogP contribution in [0.4, 0.5) is 20.2 Å². The Morgan fingerprint density at radius 2 is 1.84 bits per heavy atom. The molecule has 2 unspecified atom stereocenters. The summed E-state index contributed by atoms with van der Waals surface area (Å²) in [6.45, 7) is 6.00. The van der Waals surface area contributed by atoms with E-state index in [2.05, 4.69) is 16.0 Å².